The van der Waals surface area contributed by atoms with E-state index in [0.717, 1.165) is 17.7 Å². The van der Waals surface area contributed by atoms with Crippen molar-refractivity contribution in [1.82, 2.24) is 4.72 Å². The molecule has 0 bridgehead atoms. The van der Waals surface area contributed by atoms with Gasteiger partial charge in [0.1, 0.15) is 0 Å². The Kier molecular flexibility index (Phi) is 12.0. The van der Waals surface area contributed by atoms with Gasteiger partial charge < -0.3 is 0 Å². The van der Waals surface area contributed by atoms with Crippen LogP contribution in [0.25, 0.3) is 0 Å². The van der Waals surface area contributed by atoms with Crippen LogP contribution < -0.4 is 4.72 Å². The lowest BCUT2D eigenvalue weighted by Gasteiger charge is -2.23. The summed E-state index contributed by atoms with van der Waals surface area (Å²) in [5, 5.41) is 0.818. The third-order valence-corrected chi connectivity index (χ3v) is 4.58. The molecule has 1 N–H and O–H groups in total. The molecule has 0 aliphatic rings. The summed E-state index contributed by atoms with van der Waals surface area (Å²) in [6.07, 6.45) is 9.62. The maximum absolute atomic E-state index is 3.45. The van der Waals surface area contributed by atoms with Crippen LogP contribution in [0.15, 0.2) is 0 Å². The SMILES string of the molecule is CCCCCC(SNCC)C(C)CCCC. The maximum Gasteiger partial charge on any atom is 0.0218 e. The van der Waals surface area contributed by atoms with Gasteiger partial charge in [-0.1, -0.05) is 71.7 Å². The molecule has 0 aliphatic carbocycles. The van der Waals surface area contributed by atoms with Gasteiger partial charge in [0, 0.05) is 11.8 Å². The highest BCUT2D eigenvalue weighted by Crippen LogP contribution is 2.26. The minimum absolute atomic E-state index is 0.818. The molecule has 1 nitrogen and oxygen atoms in total. The number of hydrogen-bond acceptors (Lipinski definition) is 2. The zero-order valence-corrected chi connectivity index (χ0v) is 12.5. The molecule has 0 radical (unpaired) electrons. The van der Waals surface area contributed by atoms with Gasteiger partial charge in [-0.3, -0.25) is 4.72 Å². The van der Waals surface area contributed by atoms with Gasteiger partial charge >= 0.3 is 0 Å². The lowest BCUT2D eigenvalue weighted by molar-refractivity contribution is 0.456. The Labute approximate surface area is 107 Å². The van der Waals surface area contributed by atoms with E-state index in [9.17, 15) is 0 Å². The molecule has 0 spiro atoms. The molecule has 0 aromatic heterocycles. The molecule has 0 saturated heterocycles. The molecule has 2 unspecified atom stereocenters. The van der Waals surface area contributed by atoms with Crippen molar-refractivity contribution in [2.75, 3.05) is 6.54 Å². The molecule has 0 amide bonds. The van der Waals surface area contributed by atoms with Crippen molar-refractivity contribution >= 4 is 11.9 Å². The summed E-state index contributed by atoms with van der Waals surface area (Å²) in [7, 11) is 0. The van der Waals surface area contributed by atoms with E-state index in [1.165, 1.54) is 44.9 Å². The first-order chi connectivity index (χ1) is 7.76. The molecular formula is C14H31NS. The van der Waals surface area contributed by atoms with Gasteiger partial charge in [0.05, 0.1) is 0 Å². The predicted molar refractivity (Wildman–Crippen MR) is 77.9 cm³/mol. The summed E-state index contributed by atoms with van der Waals surface area (Å²) >= 11 is 1.98. The third-order valence-electron chi connectivity index (χ3n) is 3.12. The van der Waals surface area contributed by atoms with Gasteiger partial charge in [-0.05, 0) is 18.8 Å². The summed E-state index contributed by atoms with van der Waals surface area (Å²) in [5.74, 6) is 0.862. The first kappa shape index (κ1) is 16.3. The topological polar surface area (TPSA) is 12.0 Å². The Morgan fingerprint density at radius 3 is 2.19 bits per heavy atom. The summed E-state index contributed by atoms with van der Waals surface area (Å²) in [5.41, 5.74) is 0. The van der Waals surface area contributed by atoms with E-state index in [2.05, 4.69) is 32.4 Å². The van der Waals surface area contributed by atoms with E-state index < -0.39 is 0 Å². The number of hydrogen-bond donors (Lipinski definition) is 1. The standard InChI is InChI=1S/C14H31NS/c1-5-8-10-12-14(16-15-7-3)13(4)11-9-6-2/h13-15H,5-12H2,1-4H3. The van der Waals surface area contributed by atoms with Gasteiger partial charge in [-0.2, -0.15) is 0 Å². The fourth-order valence-corrected chi connectivity index (χ4v) is 2.99. The van der Waals surface area contributed by atoms with Crippen molar-refractivity contribution in [2.24, 2.45) is 5.92 Å². The van der Waals surface area contributed by atoms with Crippen LogP contribution in [-0.2, 0) is 0 Å². The van der Waals surface area contributed by atoms with E-state index in [1.54, 1.807) is 0 Å². The van der Waals surface area contributed by atoms with Crippen LogP contribution in [0.3, 0.4) is 0 Å². The lowest BCUT2D eigenvalue weighted by Crippen LogP contribution is -2.19. The smallest absolute Gasteiger partial charge is 0.0218 e. The highest BCUT2D eigenvalue weighted by Gasteiger charge is 2.16. The quantitative estimate of drug-likeness (QED) is 0.405. The Morgan fingerprint density at radius 2 is 1.62 bits per heavy atom. The zero-order chi connectivity index (χ0) is 12.2. The van der Waals surface area contributed by atoms with Crippen LogP contribution in [0.4, 0.5) is 0 Å². The van der Waals surface area contributed by atoms with E-state index in [1.807, 2.05) is 11.9 Å². The fraction of sp³-hybridized carbons (Fsp3) is 1.00. The predicted octanol–water partition coefficient (Wildman–Crippen LogP) is 5.02. The first-order valence-electron chi connectivity index (χ1n) is 7.14. The Hall–Kier alpha value is 0.310. The second-order valence-electron chi connectivity index (χ2n) is 4.77. The second-order valence-corrected chi connectivity index (χ2v) is 5.90. The molecule has 0 fully saturated rings. The summed E-state index contributed by atoms with van der Waals surface area (Å²) in [6, 6.07) is 0. The van der Waals surface area contributed by atoms with E-state index in [4.69, 9.17) is 0 Å². The normalized spacial score (nSPS) is 15.0. The first-order valence-corrected chi connectivity index (χ1v) is 8.02. The van der Waals surface area contributed by atoms with E-state index in [-0.39, 0.29) is 0 Å². The molecule has 98 valence electrons. The molecule has 2 heteroatoms. The fourth-order valence-electron chi connectivity index (χ4n) is 1.96. The highest BCUT2D eigenvalue weighted by atomic mass is 32.2. The molecule has 2 atom stereocenters. The summed E-state index contributed by atoms with van der Waals surface area (Å²) in [6.45, 7) is 10.3. The average Bonchev–Trinajstić information content (AvgIpc) is 2.30. The molecule has 0 rings (SSSR count). The number of rotatable bonds is 11. The van der Waals surface area contributed by atoms with Gasteiger partial charge in [0.25, 0.3) is 0 Å². The molecule has 0 heterocycles. The van der Waals surface area contributed by atoms with Crippen molar-refractivity contribution in [3.63, 3.8) is 0 Å². The Bertz CT molecular complexity index is 139. The van der Waals surface area contributed by atoms with Crippen LogP contribution in [0.5, 0.6) is 0 Å². The molecule has 0 aromatic carbocycles. The van der Waals surface area contributed by atoms with Gasteiger partial charge in [0.15, 0.2) is 0 Å². The molecule has 16 heavy (non-hydrogen) atoms. The average molecular weight is 245 g/mol. The van der Waals surface area contributed by atoms with E-state index in [0.29, 0.717) is 0 Å². The molecule has 0 saturated carbocycles. The molecule has 0 aliphatic heterocycles. The number of nitrogens with one attached hydrogen (secondary N) is 1. The van der Waals surface area contributed by atoms with Crippen LogP contribution in [0.2, 0.25) is 0 Å². The van der Waals surface area contributed by atoms with Gasteiger partial charge in [-0.15, -0.1) is 0 Å². The van der Waals surface area contributed by atoms with Crippen molar-refractivity contribution in [3.05, 3.63) is 0 Å². The van der Waals surface area contributed by atoms with Crippen LogP contribution in [0.1, 0.15) is 72.6 Å². The van der Waals surface area contributed by atoms with Crippen LogP contribution >= 0.6 is 11.9 Å². The minimum Gasteiger partial charge on any atom is -0.264 e. The molecule has 0 aromatic rings. The van der Waals surface area contributed by atoms with E-state index >= 15 is 0 Å². The van der Waals surface area contributed by atoms with Gasteiger partial charge in [-0.25, -0.2) is 0 Å². The van der Waals surface area contributed by atoms with Gasteiger partial charge in [0.2, 0.25) is 0 Å². The molecular weight excluding hydrogens is 214 g/mol. The number of unbranched alkanes of at least 4 members (excludes halogenated alkanes) is 3. The Morgan fingerprint density at radius 1 is 0.938 bits per heavy atom. The van der Waals surface area contributed by atoms with Crippen molar-refractivity contribution in [2.45, 2.75) is 77.9 Å². The third kappa shape index (κ3) is 8.46. The van der Waals surface area contributed by atoms with Crippen LogP contribution in [-0.4, -0.2) is 11.8 Å². The van der Waals surface area contributed by atoms with Crippen molar-refractivity contribution in [1.29, 1.82) is 0 Å². The maximum atomic E-state index is 3.45. The zero-order valence-electron chi connectivity index (χ0n) is 11.7. The summed E-state index contributed by atoms with van der Waals surface area (Å²) in [4.78, 5) is 0. The largest absolute Gasteiger partial charge is 0.264 e. The summed E-state index contributed by atoms with van der Waals surface area (Å²) < 4.78 is 3.45. The van der Waals surface area contributed by atoms with Crippen LogP contribution in [0, 0.1) is 5.92 Å². The Balaban J connectivity index is 3.86. The monoisotopic (exact) mass is 245 g/mol. The minimum atomic E-state index is 0.818. The second kappa shape index (κ2) is 11.8. The van der Waals surface area contributed by atoms with Crippen molar-refractivity contribution in [3.8, 4) is 0 Å². The lowest BCUT2D eigenvalue weighted by atomic mass is 9.96. The highest BCUT2D eigenvalue weighted by molar-refractivity contribution is 7.98. The van der Waals surface area contributed by atoms with Crippen molar-refractivity contribution < 1.29 is 0 Å².